The lowest BCUT2D eigenvalue weighted by Gasteiger charge is -2.20. The largest absolute Gasteiger partial charge is 0.493 e. The van der Waals surface area contributed by atoms with Crippen molar-refractivity contribution < 1.29 is 23.1 Å². The minimum Gasteiger partial charge on any atom is -0.493 e. The third-order valence-corrected chi connectivity index (χ3v) is 8.73. The SMILES string of the molecule is C[C@@H]1CCCC[C@H](n2cnc(-c3cc(Cl)ccc3-n3cc(C(F)(F)F)nn3)cc2=O)c2cc(ccn2)-c2nn(-c3cc(O)ncn3)cc2NC1=O. The zero-order valence-electron chi connectivity index (χ0n) is 26.7. The molecular formula is C33H27ClF3N11O3. The predicted molar refractivity (Wildman–Crippen MR) is 177 cm³/mol. The van der Waals surface area contributed by atoms with Gasteiger partial charge in [-0.15, -0.1) is 5.10 Å². The number of aromatic hydroxyl groups is 1. The van der Waals surface area contributed by atoms with Crippen LogP contribution in [0.15, 0.2) is 78.5 Å². The van der Waals surface area contributed by atoms with Crippen molar-refractivity contribution in [2.75, 3.05) is 5.32 Å². The molecule has 0 saturated heterocycles. The molecule has 260 valence electrons. The minimum absolute atomic E-state index is 0.161. The quantitative estimate of drug-likeness (QED) is 0.232. The van der Waals surface area contributed by atoms with Crippen LogP contribution < -0.4 is 10.9 Å². The summed E-state index contributed by atoms with van der Waals surface area (Å²) >= 11 is 6.27. The van der Waals surface area contributed by atoms with Gasteiger partial charge in [-0.1, -0.05) is 36.6 Å². The first kappa shape index (κ1) is 33.5. The number of benzene rings is 1. The highest BCUT2D eigenvalue weighted by Crippen LogP contribution is 2.34. The van der Waals surface area contributed by atoms with Gasteiger partial charge in [-0.25, -0.2) is 24.3 Å². The van der Waals surface area contributed by atoms with E-state index in [1.54, 1.807) is 24.5 Å². The first-order valence-corrected chi connectivity index (χ1v) is 16.1. The van der Waals surface area contributed by atoms with Crippen LogP contribution in [0.5, 0.6) is 5.88 Å². The molecule has 1 aromatic carbocycles. The molecule has 1 aliphatic rings. The Morgan fingerprint density at radius 3 is 2.55 bits per heavy atom. The molecule has 0 saturated carbocycles. The van der Waals surface area contributed by atoms with Gasteiger partial charge in [0.15, 0.2) is 11.5 Å². The van der Waals surface area contributed by atoms with E-state index in [1.165, 1.54) is 52.2 Å². The molecule has 18 heteroatoms. The van der Waals surface area contributed by atoms with E-state index >= 15 is 0 Å². The van der Waals surface area contributed by atoms with Gasteiger partial charge in [-0.2, -0.15) is 18.3 Å². The van der Waals surface area contributed by atoms with Crippen molar-refractivity contribution in [3.05, 3.63) is 100 Å². The number of nitrogens with one attached hydrogen (secondary N) is 1. The molecule has 51 heavy (non-hydrogen) atoms. The van der Waals surface area contributed by atoms with Crippen molar-refractivity contribution in [3.8, 4) is 39.9 Å². The molecule has 5 aromatic heterocycles. The van der Waals surface area contributed by atoms with Crippen molar-refractivity contribution in [2.24, 2.45) is 5.92 Å². The molecule has 0 aliphatic carbocycles. The fourth-order valence-electron chi connectivity index (χ4n) is 5.86. The molecule has 1 aliphatic heterocycles. The lowest BCUT2D eigenvalue weighted by atomic mass is 9.99. The van der Waals surface area contributed by atoms with Crippen LogP contribution in [-0.4, -0.2) is 60.3 Å². The van der Waals surface area contributed by atoms with Gasteiger partial charge in [0.1, 0.15) is 12.0 Å². The second kappa shape index (κ2) is 13.4. The van der Waals surface area contributed by atoms with E-state index in [9.17, 15) is 27.9 Å². The van der Waals surface area contributed by atoms with Crippen molar-refractivity contribution >= 4 is 23.2 Å². The maximum Gasteiger partial charge on any atom is 0.436 e. The van der Waals surface area contributed by atoms with Gasteiger partial charge in [0.2, 0.25) is 11.8 Å². The maximum absolute atomic E-state index is 13.9. The molecule has 0 unspecified atom stereocenters. The van der Waals surface area contributed by atoms with Crippen LogP contribution in [0.2, 0.25) is 5.02 Å². The Morgan fingerprint density at radius 1 is 0.961 bits per heavy atom. The highest BCUT2D eigenvalue weighted by Gasteiger charge is 2.35. The van der Waals surface area contributed by atoms with E-state index in [1.807, 2.05) is 6.92 Å². The van der Waals surface area contributed by atoms with E-state index in [-0.39, 0.29) is 45.5 Å². The number of carbonyl (C=O) groups is 1. The standard InChI is InChI=1S/C33H27ClF3N11O3/c1-18-4-2-3-5-26(23-10-19(8-9-38-23)31-24(42-32(18)51)14-48(44-31)28-13-29(49)40-16-39-28)46-17-41-22(12-30(46)50)21-11-20(34)6-7-25(21)47-15-27(43-45-47)33(35,36)37/h6-18,26H,2-5H2,1H3,(H,42,51)(H,39,40,49)/t18-,26+/m1/s1. The molecule has 14 nitrogen and oxygen atoms in total. The summed E-state index contributed by atoms with van der Waals surface area (Å²) in [4.78, 5) is 44.1. The van der Waals surface area contributed by atoms with Crippen LogP contribution in [0.1, 0.15) is 50.0 Å². The Bertz CT molecular complexity index is 2320. The van der Waals surface area contributed by atoms with Crippen LogP contribution in [0.3, 0.4) is 0 Å². The van der Waals surface area contributed by atoms with Crippen molar-refractivity contribution in [2.45, 2.75) is 44.8 Å². The van der Waals surface area contributed by atoms with Crippen molar-refractivity contribution in [3.63, 3.8) is 0 Å². The highest BCUT2D eigenvalue weighted by molar-refractivity contribution is 6.31. The Labute approximate surface area is 291 Å². The average Bonchev–Trinajstić information content (AvgIpc) is 3.77. The topological polar surface area (TPSA) is 171 Å². The zero-order chi connectivity index (χ0) is 35.9. The molecule has 1 amide bonds. The van der Waals surface area contributed by atoms with Gasteiger partial charge < -0.3 is 10.4 Å². The number of aromatic nitrogens is 10. The van der Waals surface area contributed by atoms with E-state index < -0.39 is 23.5 Å². The minimum atomic E-state index is -4.70. The number of hydrogen-bond donors (Lipinski definition) is 2. The summed E-state index contributed by atoms with van der Waals surface area (Å²) in [7, 11) is 0. The third-order valence-electron chi connectivity index (χ3n) is 8.49. The van der Waals surface area contributed by atoms with E-state index in [0.29, 0.717) is 48.3 Å². The molecule has 7 rings (SSSR count). The second-order valence-corrected chi connectivity index (χ2v) is 12.4. The normalized spacial score (nSPS) is 16.8. The Hall–Kier alpha value is -5.97. The summed E-state index contributed by atoms with van der Waals surface area (Å²) in [6.07, 6.45) is 4.18. The summed E-state index contributed by atoms with van der Waals surface area (Å²) in [6, 6.07) is 9.98. The number of amides is 1. The Kier molecular flexibility index (Phi) is 8.80. The number of fused-ring (bicyclic) bond motifs is 4. The van der Waals surface area contributed by atoms with Gasteiger partial charge >= 0.3 is 6.18 Å². The molecule has 0 fully saturated rings. The van der Waals surface area contributed by atoms with E-state index in [4.69, 9.17) is 11.6 Å². The van der Waals surface area contributed by atoms with E-state index in [2.05, 4.69) is 40.7 Å². The second-order valence-electron chi connectivity index (χ2n) is 12.0. The van der Waals surface area contributed by atoms with Crippen LogP contribution in [0, 0.1) is 5.92 Å². The number of nitrogens with zero attached hydrogens (tertiary/aromatic N) is 10. The smallest absolute Gasteiger partial charge is 0.436 e. The lowest BCUT2D eigenvalue weighted by Crippen LogP contribution is -2.26. The Morgan fingerprint density at radius 2 is 1.78 bits per heavy atom. The fraction of sp³-hybridized carbons (Fsp3) is 0.242. The van der Waals surface area contributed by atoms with E-state index in [0.717, 1.165) is 10.9 Å². The van der Waals surface area contributed by atoms with Gasteiger partial charge in [0.05, 0.1) is 47.5 Å². The lowest BCUT2D eigenvalue weighted by molar-refractivity contribution is -0.141. The predicted octanol–water partition coefficient (Wildman–Crippen LogP) is 5.64. The third kappa shape index (κ3) is 6.92. The number of halogens is 4. The average molecular weight is 718 g/mol. The van der Waals surface area contributed by atoms with Crippen molar-refractivity contribution in [1.29, 1.82) is 0 Å². The molecule has 2 bridgehead atoms. The number of carbonyl (C=O) groups excluding carboxylic acids is 1. The van der Waals surface area contributed by atoms with Gasteiger partial charge in [0, 0.05) is 40.4 Å². The van der Waals surface area contributed by atoms with Crippen LogP contribution >= 0.6 is 11.6 Å². The maximum atomic E-state index is 13.9. The van der Waals surface area contributed by atoms with Gasteiger partial charge in [-0.3, -0.25) is 19.1 Å². The molecule has 2 N–H and O–H groups in total. The van der Waals surface area contributed by atoms with Gasteiger partial charge in [0.25, 0.3) is 5.56 Å². The van der Waals surface area contributed by atoms with Crippen LogP contribution in [0.25, 0.3) is 34.0 Å². The summed E-state index contributed by atoms with van der Waals surface area (Å²) in [6.45, 7) is 1.83. The summed E-state index contributed by atoms with van der Waals surface area (Å²) in [5.41, 5.74) is 0.945. The number of anilines is 1. The summed E-state index contributed by atoms with van der Waals surface area (Å²) < 4.78 is 43.7. The molecule has 6 aromatic rings. The Balaban J connectivity index is 1.29. The van der Waals surface area contributed by atoms with Gasteiger partial charge in [-0.05, 0) is 43.2 Å². The molecule has 0 radical (unpaired) electrons. The highest BCUT2D eigenvalue weighted by atomic mass is 35.5. The number of hydrogen-bond acceptors (Lipinski definition) is 10. The molecule has 0 spiro atoms. The number of pyridine rings is 1. The zero-order valence-corrected chi connectivity index (χ0v) is 27.4. The summed E-state index contributed by atoms with van der Waals surface area (Å²) in [5.74, 6) is -0.505. The van der Waals surface area contributed by atoms with Crippen LogP contribution in [-0.2, 0) is 11.0 Å². The number of rotatable bonds is 4. The molecule has 6 heterocycles. The monoisotopic (exact) mass is 717 g/mol. The summed E-state index contributed by atoms with van der Waals surface area (Å²) in [5, 5.41) is 24.7. The first-order chi connectivity index (χ1) is 24.4. The fourth-order valence-corrected chi connectivity index (χ4v) is 6.03. The number of alkyl halides is 3. The van der Waals surface area contributed by atoms with Crippen molar-refractivity contribution in [1.82, 2.24) is 49.3 Å². The van der Waals surface area contributed by atoms with Crippen LogP contribution in [0.4, 0.5) is 18.9 Å². The first-order valence-electron chi connectivity index (χ1n) is 15.7. The molecule has 2 atom stereocenters. The molecular weight excluding hydrogens is 691 g/mol.